The molecule has 28 heavy (non-hydrogen) atoms. The molecule has 1 aliphatic rings. The topological polar surface area (TPSA) is 148 Å². The molecular weight excluding hydrogens is 387 g/mol. The van der Waals surface area contributed by atoms with Gasteiger partial charge in [-0.2, -0.15) is 9.97 Å². The molecule has 1 amide bonds. The number of fused-ring (bicyclic) bond motifs is 1. The number of hydrogen-bond donors (Lipinski definition) is 3. The zero-order chi connectivity index (χ0) is 20.3. The van der Waals surface area contributed by atoms with E-state index in [0.29, 0.717) is 23.6 Å². The lowest BCUT2D eigenvalue weighted by molar-refractivity contribution is -0.117. The van der Waals surface area contributed by atoms with Crippen molar-refractivity contribution in [3.05, 3.63) is 41.0 Å². The summed E-state index contributed by atoms with van der Waals surface area (Å²) < 4.78 is 21.4. The lowest BCUT2D eigenvalue weighted by atomic mass is 10.1. The van der Waals surface area contributed by atoms with Crippen LogP contribution in [0.25, 0.3) is 0 Å². The van der Waals surface area contributed by atoms with E-state index in [9.17, 15) is 9.36 Å². The summed E-state index contributed by atoms with van der Waals surface area (Å²) in [5.41, 5.74) is 7.82. The summed E-state index contributed by atoms with van der Waals surface area (Å²) >= 11 is 0. The number of benzene rings is 1. The Kier molecular flexibility index (Phi) is 5.95. The van der Waals surface area contributed by atoms with Gasteiger partial charge < -0.3 is 25.0 Å². The average molecular weight is 408 g/mol. The molecule has 0 saturated carbocycles. The van der Waals surface area contributed by atoms with Gasteiger partial charge in [0.1, 0.15) is 18.2 Å². The Labute approximate surface area is 161 Å². The van der Waals surface area contributed by atoms with Gasteiger partial charge in [-0.05, 0) is 11.1 Å². The van der Waals surface area contributed by atoms with Crippen LogP contribution in [0.2, 0.25) is 0 Å². The fourth-order valence-corrected chi connectivity index (χ4v) is 3.53. The van der Waals surface area contributed by atoms with Gasteiger partial charge in [0, 0.05) is 12.7 Å². The van der Waals surface area contributed by atoms with E-state index in [1.54, 1.807) is 31.4 Å². The number of nitrogens with zero attached hydrogens (tertiary/aromatic N) is 3. The van der Waals surface area contributed by atoms with Crippen LogP contribution in [0.4, 0.5) is 11.6 Å². The zero-order valence-electron chi connectivity index (χ0n) is 15.2. The van der Waals surface area contributed by atoms with Crippen molar-refractivity contribution in [3.63, 3.8) is 0 Å². The number of anilines is 2. The van der Waals surface area contributed by atoms with Crippen LogP contribution < -0.4 is 15.4 Å². The number of nitrogen functional groups attached to an aromatic ring is 1. The second kappa shape index (κ2) is 8.24. The molecule has 0 unspecified atom stereocenters. The molecule has 10 nitrogen and oxygen atoms in total. The number of amides is 1. The van der Waals surface area contributed by atoms with E-state index in [1.165, 1.54) is 4.90 Å². The van der Waals surface area contributed by atoms with Crippen molar-refractivity contribution in [3.8, 4) is 6.01 Å². The van der Waals surface area contributed by atoms with Crippen LogP contribution in [0, 0.1) is 0 Å². The van der Waals surface area contributed by atoms with Gasteiger partial charge in [-0.1, -0.05) is 24.3 Å². The van der Waals surface area contributed by atoms with Gasteiger partial charge in [-0.25, -0.2) is 0 Å². The number of carbonyl (C=O) groups excluding carboxylic acids is 1. The third-order valence-electron chi connectivity index (χ3n) is 4.15. The van der Waals surface area contributed by atoms with Crippen LogP contribution in [0.1, 0.15) is 16.7 Å². The molecule has 1 aromatic heterocycles. The Balaban J connectivity index is 1.78. The van der Waals surface area contributed by atoms with Crippen molar-refractivity contribution >= 4 is 25.1 Å². The van der Waals surface area contributed by atoms with Gasteiger partial charge >= 0.3 is 13.6 Å². The molecule has 1 aromatic carbocycles. The summed E-state index contributed by atoms with van der Waals surface area (Å²) in [6.07, 6.45) is -0.222. The lowest BCUT2D eigenvalue weighted by Crippen LogP contribution is -2.26. The summed E-state index contributed by atoms with van der Waals surface area (Å²) in [5.74, 6) is 0.443. The molecule has 0 spiro atoms. The summed E-state index contributed by atoms with van der Waals surface area (Å²) in [6.45, 7) is 0.865. The number of ether oxygens (including phenoxy) is 2. The maximum atomic E-state index is 12.5. The van der Waals surface area contributed by atoms with E-state index in [1.807, 2.05) is 0 Å². The molecule has 4 N–H and O–H groups in total. The van der Waals surface area contributed by atoms with Crippen molar-refractivity contribution in [1.82, 2.24) is 9.97 Å². The third kappa shape index (κ3) is 4.85. The van der Waals surface area contributed by atoms with Gasteiger partial charge in [-0.3, -0.25) is 14.3 Å². The highest BCUT2D eigenvalue weighted by atomic mass is 31.2. The maximum absolute atomic E-state index is 12.5. The predicted octanol–water partition coefficient (Wildman–Crippen LogP) is 0.851. The first kappa shape index (κ1) is 20.2. The molecule has 2 aromatic rings. The maximum Gasteiger partial charge on any atom is 0.329 e. The molecule has 150 valence electrons. The first-order valence-corrected chi connectivity index (χ1v) is 10.3. The Morgan fingerprint density at radius 3 is 2.50 bits per heavy atom. The predicted molar refractivity (Wildman–Crippen MR) is 101 cm³/mol. The quantitative estimate of drug-likeness (QED) is 0.427. The van der Waals surface area contributed by atoms with Gasteiger partial charge in [0.2, 0.25) is 5.91 Å². The minimum absolute atomic E-state index is 0.0741. The lowest BCUT2D eigenvalue weighted by Gasteiger charge is -2.17. The monoisotopic (exact) mass is 408 g/mol. The van der Waals surface area contributed by atoms with Crippen LogP contribution in [-0.2, 0) is 33.2 Å². The van der Waals surface area contributed by atoms with Crippen LogP contribution in [-0.4, -0.2) is 46.0 Å². The first-order valence-electron chi connectivity index (χ1n) is 8.47. The van der Waals surface area contributed by atoms with Crippen molar-refractivity contribution < 1.29 is 28.6 Å². The second-order valence-electron chi connectivity index (χ2n) is 6.33. The first-order chi connectivity index (χ1) is 13.3. The average Bonchev–Trinajstić information content (AvgIpc) is 2.92. The minimum Gasteiger partial charge on any atom is -0.461 e. The zero-order valence-corrected chi connectivity index (χ0v) is 16.1. The van der Waals surface area contributed by atoms with E-state index in [4.69, 9.17) is 25.0 Å². The van der Waals surface area contributed by atoms with E-state index in [0.717, 1.165) is 5.56 Å². The summed E-state index contributed by atoms with van der Waals surface area (Å²) in [5, 5.41) is 0. The van der Waals surface area contributed by atoms with E-state index < -0.39 is 7.60 Å². The molecule has 1 aliphatic heterocycles. The molecule has 0 bridgehead atoms. The Bertz CT molecular complexity index is 915. The Morgan fingerprint density at radius 2 is 1.86 bits per heavy atom. The number of methoxy groups -OCH3 is 1. The van der Waals surface area contributed by atoms with Gasteiger partial charge in [0.25, 0.3) is 0 Å². The van der Waals surface area contributed by atoms with E-state index in [2.05, 4.69) is 9.97 Å². The fraction of sp³-hybridized carbons (Fsp3) is 0.353. The molecule has 0 aliphatic carbocycles. The summed E-state index contributed by atoms with van der Waals surface area (Å²) in [7, 11) is -2.58. The summed E-state index contributed by atoms with van der Waals surface area (Å²) in [4.78, 5) is 40.4. The van der Waals surface area contributed by atoms with Crippen molar-refractivity contribution in [1.29, 1.82) is 0 Å². The van der Waals surface area contributed by atoms with E-state index in [-0.39, 0.29) is 43.5 Å². The van der Waals surface area contributed by atoms with Crippen LogP contribution in [0.15, 0.2) is 24.3 Å². The highest BCUT2D eigenvalue weighted by molar-refractivity contribution is 7.50. The van der Waals surface area contributed by atoms with Crippen molar-refractivity contribution in [2.24, 2.45) is 0 Å². The third-order valence-corrected chi connectivity index (χ3v) is 4.93. The van der Waals surface area contributed by atoms with Crippen LogP contribution >= 0.6 is 7.60 Å². The number of aromatic nitrogens is 2. The minimum atomic E-state index is -4.13. The normalized spacial score (nSPS) is 13.7. The molecule has 11 heteroatoms. The van der Waals surface area contributed by atoms with Crippen molar-refractivity contribution in [2.75, 3.05) is 31.0 Å². The SMILES string of the molecule is COCCOc1nc(N)c2c(n1)N(Cc1ccc(CP(=O)(O)O)cc1)C(=O)C2. The Morgan fingerprint density at radius 1 is 1.18 bits per heavy atom. The van der Waals surface area contributed by atoms with Gasteiger partial charge in [0.15, 0.2) is 0 Å². The summed E-state index contributed by atoms with van der Waals surface area (Å²) in [6, 6.07) is 6.77. The number of nitrogens with two attached hydrogens (primary N) is 1. The number of rotatable bonds is 8. The largest absolute Gasteiger partial charge is 0.461 e. The van der Waals surface area contributed by atoms with Gasteiger partial charge in [0.05, 0.1) is 25.7 Å². The number of carbonyl (C=O) groups is 1. The molecule has 3 rings (SSSR count). The standard InChI is InChI=1S/C17H21N4O6P/c1-26-6-7-27-17-19-15(18)13-8-14(22)21(16(13)20-17)9-11-2-4-12(5-3-11)10-28(23,24)25/h2-5H,6-10H2,1H3,(H2,18,19,20)(H2,23,24,25). The molecule has 0 atom stereocenters. The smallest absolute Gasteiger partial charge is 0.329 e. The molecule has 2 heterocycles. The highest BCUT2D eigenvalue weighted by Crippen LogP contribution is 2.39. The highest BCUT2D eigenvalue weighted by Gasteiger charge is 2.32. The van der Waals surface area contributed by atoms with Gasteiger partial charge in [-0.15, -0.1) is 0 Å². The van der Waals surface area contributed by atoms with E-state index >= 15 is 0 Å². The number of hydrogen-bond acceptors (Lipinski definition) is 7. The molecule has 0 radical (unpaired) electrons. The second-order valence-corrected chi connectivity index (χ2v) is 7.98. The van der Waals surface area contributed by atoms with Crippen molar-refractivity contribution in [2.45, 2.75) is 19.1 Å². The van der Waals surface area contributed by atoms with Crippen LogP contribution in [0.5, 0.6) is 6.01 Å². The molecule has 0 fully saturated rings. The molecular formula is C17H21N4O6P. The fourth-order valence-electron chi connectivity index (χ4n) is 2.84. The Hall–Kier alpha value is -2.52. The van der Waals surface area contributed by atoms with Crippen LogP contribution in [0.3, 0.4) is 0 Å². The molecule has 0 saturated heterocycles.